The molecule has 1 aliphatic rings. The van der Waals surface area contributed by atoms with Crippen molar-refractivity contribution in [2.24, 2.45) is 11.7 Å². The number of aromatic nitrogens is 2. The van der Waals surface area contributed by atoms with Gasteiger partial charge in [0, 0.05) is 18.0 Å². The lowest BCUT2D eigenvalue weighted by atomic mass is 9.77. The summed E-state index contributed by atoms with van der Waals surface area (Å²) in [6.45, 7) is 0. The molecule has 1 saturated carbocycles. The number of hydrogen-bond donors (Lipinski definition) is 2. The molecule has 0 spiro atoms. The van der Waals surface area contributed by atoms with Gasteiger partial charge in [-0.15, -0.1) is 0 Å². The third kappa shape index (κ3) is 2.92. The van der Waals surface area contributed by atoms with Crippen LogP contribution in [0.1, 0.15) is 34.7 Å². The zero-order valence-electron chi connectivity index (χ0n) is 16.6. The van der Waals surface area contributed by atoms with Crippen LogP contribution in [-0.2, 0) is 5.54 Å². The molecule has 5 rings (SSSR count). The van der Waals surface area contributed by atoms with Crippen LogP contribution < -0.4 is 5.73 Å². The molecule has 0 radical (unpaired) electrons. The third-order valence-electron chi connectivity index (χ3n) is 6.13. The number of nitrogens with two attached hydrogens (primary N) is 1. The van der Waals surface area contributed by atoms with Gasteiger partial charge in [-0.2, -0.15) is 0 Å². The highest BCUT2D eigenvalue weighted by molar-refractivity contribution is 5.83. The van der Waals surface area contributed by atoms with Gasteiger partial charge < -0.3 is 10.3 Å². The van der Waals surface area contributed by atoms with Crippen molar-refractivity contribution < 1.29 is 0 Å². The van der Waals surface area contributed by atoms with Gasteiger partial charge in [0.2, 0.25) is 0 Å². The maximum absolute atomic E-state index is 7.77. The smallest absolute Gasteiger partial charge is 0.121 e. The van der Waals surface area contributed by atoms with Crippen LogP contribution in [-0.4, -0.2) is 15.4 Å². The van der Waals surface area contributed by atoms with Gasteiger partial charge in [-0.25, -0.2) is 4.98 Å². The Balaban J connectivity index is 1.75. The summed E-state index contributed by atoms with van der Waals surface area (Å²) in [5.41, 5.74) is 9.71. The topological polar surface area (TPSA) is 67.7 Å². The standard InChI is InChI=1S/C26H24N4/c27-25(28)23-16-22(23)24-17-30(18-29-24)26(19-10-4-1-5-11-19,20-12-6-2-7-13-20)21-14-8-3-9-15-21/h1-15,17-18,22-23H,16H2,(H3,27,28). The van der Waals surface area contributed by atoms with E-state index in [0.29, 0.717) is 0 Å². The Morgan fingerprint density at radius 3 is 1.70 bits per heavy atom. The lowest BCUT2D eigenvalue weighted by Gasteiger charge is -2.37. The van der Waals surface area contributed by atoms with E-state index in [2.05, 4.69) is 83.6 Å². The molecular weight excluding hydrogens is 368 g/mol. The first-order valence-corrected chi connectivity index (χ1v) is 10.3. The van der Waals surface area contributed by atoms with Gasteiger partial charge in [-0.05, 0) is 23.1 Å². The highest BCUT2D eigenvalue weighted by Gasteiger charge is 2.44. The highest BCUT2D eigenvalue weighted by atomic mass is 15.1. The van der Waals surface area contributed by atoms with Gasteiger partial charge in [0.25, 0.3) is 0 Å². The first kappa shape index (κ1) is 18.4. The SMILES string of the molecule is N=C(N)C1CC1c1cn(C(c2ccccc2)(c2ccccc2)c2ccccc2)cn1. The minimum absolute atomic E-state index is 0.118. The van der Waals surface area contributed by atoms with E-state index in [0.717, 1.165) is 12.1 Å². The van der Waals surface area contributed by atoms with E-state index in [1.54, 1.807) is 0 Å². The van der Waals surface area contributed by atoms with E-state index in [9.17, 15) is 0 Å². The van der Waals surface area contributed by atoms with Crippen molar-refractivity contribution in [3.63, 3.8) is 0 Å². The Labute approximate surface area is 176 Å². The van der Waals surface area contributed by atoms with Crippen LogP contribution in [0.15, 0.2) is 104 Å². The van der Waals surface area contributed by atoms with E-state index < -0.39 is 5.54 Å². The largest absolute Gasteiger partial charge is 0.387 e. The second kappa shape index (κ2) is 7.30. The van der Waals surface area contributed by atoms with Crippen LogP contribution in [0.4, 0.5) is 0 Å². The van der Waals surface area contributed by atoms with Gasteiger partial charge in [-0.1, -0.05) is 91.0 Å². The van der Waals surface area contributed by atoms with Crippen molar-refractivity contribution in [2.45, 2.75) is 17.9 Å². The van der Waals surface area contributed by atoms with E-state index in [1.807, 2.05) is 24.5 Å². The average molecular weight is 393 g/mol. The maximum atomic E-state index is 7.77. The number of hydrogen-bond acceptors (Lipinski definition) is 2. The van der Waals surface area contributed by atoms with Crippen LogP contribution in [0.3, 0.4) is 0 Å². The fraction of sp³-hybridized carbons (Fsp3) is 0.154. The van der Waals surface area contributed by atoms with Crippen LogP contribution in [0.5, 0.6) is 0 Å². The number of imidazole rings is 1. The van der Waals surface area contributed by atoms with Crippen molar-refractivity contribution >= 4 is 5.84 Å². The normalized spacial score (nSPS) is 18.1. The van der Waals surface area contributed by atoms with Crippen LogP contribution in [0.2, 0.25) is 0 Å². The first-order valence-electron chi connectivity index (χ1n) is 10.3. The summed E-state index contributed by atoms with van der Waals surface area (Å²) in [6, 6.07) is 31.7. The predicted octanol–water partition coefficient (Wildman–Crippen LogP) is 4.76. The van der Waals surface area contributed by atoms with Gasteiger partial charge in [0.1, 0.15) is 5.54 Å². The molecule has 0 aliphatic heterocycles. The molecule has 2 atom stereocenters. The number of amidine groups is 1. The van der Waals surface area contributed by atoms with Crippen molar-refractivity contribution in [1.29, 1.82) is 5.41 Å². The molecule has 2 unspecified atom stereocenters. The molecule has 4 aromatic rings. The lowest BCUT2D eigenvalue weighted by molar-refractivity contribution is 0.514. The summed E-state index contributed by atoms with van der Waals surface area (Å²) in [5, 5.41) is 7.77. The minimum atomic E-state index is -0.546. The molecule has 1 aliphatic carbocycles. The molecule has 1 heterocycles. The van der Waals surface area contributed by atoms with E-state index in [-0.39, 0.29) is 17.7 Å². The Morgan fingerprint density at radius 1 is 0.833 bits per heavy atom. The second-order valence-electron chi connectivity index (χ2n) is 7.92. The summed E-state index contributed by atoms with van der Waals surface area (Å²) in [5.74, 6) is 0.617. The number of rotatable bonds is 6. The lowest BCUT2D eigenvalue weighted by Crippen LogP contribution is -2.36. The zero-order chi connectivity index (χ0) is 20.6. The second-order valence-corrected chi connectivity index (χ2v) is 7.92. The quantitative estimate of drug-likeness (QED) is 0.282. The summed E-state index contributed by atoms with van der Waals surface area (Å²) in [6.07, 6.45) is 4.97. The fourth-order valence-corrected chi connectivity index (χ4v) is 4.56. The number of nitrogens with zero attached hydrogens (tertiary/aromatic N) is 2. The molecule has 30 heavy (non-hydrogen) atoms. The minimum Gasteiger partial charge on any atom is -0.387 e. The van der Waals surface area contributed by atoms with Gasteiger partial charge in [0.15, 0.2) is 0 Å². The molecule has 0 bridgehead atoms. The Kier molecular flexibility index (Phi) is 4.47. The first-order chi connectivity index (χ1) is 14.7. The zero-order valence-corrected chi connectivity index (χ0v) is 16.6. The molecule has 4 heteroatoms. The Morgan fingerprint density at radius 2 is 1.30 bits per heavy atom. The van der Waals surface area contributed by atoms with Gasteiger partial charge in [0.05, 0.1) is 17.9 Å². The highest BCUT2D eigenvalue weighted by Crippen LogP contribution is 2.48. The maximum Gasteiger partial charge on any atom is 0.121 e. The fourth-order valence-electron chi connectivity index (χ4n) is 4.56. The van der Waals surface area contributed by atoms with Gasteiger partial charge in [-0.3, -0.25) is 5.41 Å². The van der Waals surface area contributed by atoms with E-state index in [4.69, 9.17) is 16.1 Å². The molecule has 0 amide bonds. The van der Waals surface area contributed by atoms with Crippen LogP contribution in [0, 0.1) is 11.3 Å². The molecular formula is C26H24N4. The van der Waals surface area contributed by atoms with Gasteiger partial charge >= 0.3 is 0 Å². The van der Waals surface area contributed by atoms with Crippen molar-refractivity contribution in [2.75, 3.05) is 0 Å². The number of nitrogens with one attached hydrogen (secondary N) is 1. The molecule has 148 valence electrons. The van der Waals surface area contributed by atoms with Crippen LogP contribution >= 0.6 is 0 Å². The molecule has 1 aromatic heterocycles. The van der Waals surface area contributed by atoms with Crippen molar-refractivity contribution in [1.82, 2.24) is 9.55 Å². The summed E-state index contributed by atoms with van der Waals surface area (Å²) < 4.78 is 2.22. The summed E-state index contributed by atoms with van der Waals surface area (Å²) in [7, 11) is 0. The Hall–Kier alpha value is -3.66. The van der Waals surface area contributed by atoms with Crippen molar-refractivity contribution in [3.8, 4) is 0 Å². The van der Waals surface area contributed by atoms with E-state index >= 15 is 0 Å². The Bertz CT molecular complexity index is 1050. The number of benzene rings is 3. The molecule has 3 N–H and O–H groups in total. The van der Waals surface area contributed by atoms with E-state index in [1.165, 1.54) is 16.7 Å². The third-order valence-corrected chi connectivity index (χ3v) is 6.13. The van der Waals surface area contributed by atoms with Crippen LogP contribution in [0.25, 0.3) is 0 Å². The average Bonchev–Trinajstić information content (AvgIpc) is 3.47. The molecule has 4 nitrogen and oxygen atoms in total. The van der Waals surface area contributed by atoms with Crippen molar-refractivity contribution in [3.05, 3.63) is 126 Å². The summed E-state index contributed by atoms with van der Waals surface area (Å²) >= 11 is 0. The monoisotopic (exact) mass is 392 g/mol. The molecule has 1 fully saturated rings. The molecule has 3 aromatic carbocycles. The molecule has 0 saturated heterocycles. The predicted molar refractivity (Wildman–Crippen MR) is 120 cm³/mol. The summed E-state index contributed by atoms with van der Waals surface area (Å²) in [4.78, 5) is 4.76.